The molecule has 0 aromatic heterocycles. The van der Waals surface area contributed by atoms with Gasteiger partial charge >= 0.3 is 0 Å². The maximum atomic E-state index is 13.0. The number of imide groups is 1. The van der Waals surface area contributed by atoms with Gasteiger partial charge in [0.2, 0.25) is 17.7 Å². The first kappa shape index (κ1) is 21.3. The highest BCUT2D eigenvalue weighted by atomic mass is 32.2. The molecule has 1 heterocycles. The lowest BCUT2D eigenvalue weighted by Crippen LogP contribution is -2.40. The number of benzene rings is 2. The zero-order chi connectivity index (χ0) is 21.9. The van der Waals surface area contributed by atoms with E-state index in [1.54, 1.807) is 12.1 Å². The molecule has 0 spiro atoms. The topological polar surface area (TPSA) is 122 Å². The molecule has 1 saturated heterocycles. The molecule has 158 valence electrons. The predicted octanol–water partition coefficient (Wildman–Crippen LogP) is 2.50. The summed E-state index contributed by atoms with van der Waals surface area (Å²) in [5.74, 6) is -0.924. The number of piperidine rings is 1. The van der Waals surface area contributed by atoms with Crippen LogP contribution in [-0.4, -0.2) is 33.2 Å². The molecule has 3 rings (SSSR count). The second kappa shape index (κ2) is 8.54. The number of ether oxygens (including phenoxy) is 1. The van der Waals surface area contributed by atoms with Gasteiger partial charge in [0.25, 0.3) is 10.0 Å². The van der Waals surface area contributed by atoms with Gasteiger partial charge in [-0.25, -0.2) is 8.42 Å². The van der Waals surface area contributed by atoms with E-state index in [1.165, 1.54) is 44.4 Å². The molecule has 9 nitrogen and oxygen atoms in total. The van der Waals surface area contributed by atoms with Crippen LogP contribution in [0.5, 0.6) is 5.75 Å². The number of carbonyl (C=O) groups is 3. The van der Waals surface area contributed by atoms with Crippen LogP contribution < -0.4 is 19.7 Å². The van der Waals surface area contributed by atoms with Crippen LogP contribution in [0.3, 0.4) is 0 Å². The monoisotopic (exact) mass is 431 g/mol. The van der Waals surface area contributed by atoms with Gasteiger partial charge in [0.1, 0.15) is 10.6 Å². The molecule has 0 atom stereocenters. The lowest BCUT2D eigenvalue weighted by Gasteiger charge is -2.25. The highest BCUT2D eigenvalue weighted by Gasteiger charge is 2.29. The van der Waals surface area contributed by atoms with Crippen molar-refractivity contribution in [1.29, 1.82) is 0 Å². The van der Waals surface area contributed by atoms with E-state index >= 15 is 0 Å². The van der Waals surface area contributed by atoms with Crippen LogP contribution in [0.2, 0.25) is 0 Å². The van der Waals surface area contributed by atoms with Crippen LogP contribution >= 0.6 is 0 Å². The van der Waals surface area contributed by atoms with Gasteiger partial charge in [0, 0.05) is 31.1 Å². The molecule has 1 aliphatic heterocycles. The summed E-state index contributed by atoms with van der Waals surface area (Å²) in [6, 6.07) is 10.2. The van der Waals surface area contributed by atoms with E-state index in [4.69, 9.17) is 4.74 Å². The lowest BCUT2D eigenvalue weighted by atomic mass is 10.1. The van der Waals surface area contributed by atoms with Crippen LogP contribution in [-0.2, 0) is 24.4 Å². The third kappa shape index (κ3) is 4.60. The summed E-state index contributed by atoms with van der Waals surface area (Å²) in [5.41, 5.74) is 0.959. The Balaban J connectivity index is 1.93. The van der Waals surface area contributed by atoms with E-state index in [1.807, 2.05) is 0 Å². The molecular formula is C20H21N3O6S. The van der Waals surface area contributed by atoms with E-state index < -0.39 is 10.0 Å². The number of methoxy groups -OCH3 is 1. The SMILES string of the molecule is COc1ccc(N2C(=O)CCCC2=O)cc1S(=O)(=O)Nc1ccc(NC(C)=O)cc1. The van der Waals surface area contributed by atoms with Gasteiger partial charge in [0.15, 0.2) is 0 Å². The summed E-state index contributed by atoms with van der Waals surface area (Å²) in [6.45, 7) is 1.37. The maximum absolute atomic E-state index is 13.0. The van der Waals surface area contributed by atoms with E-state index in [0.717, 1.165) is 4.90 Å². The minimum atomic E-state index is -4.10. The summed E-state index contributed by atoms with van der Waals surface area (Å²) >= 11 is 0. The fraction of sp³-hybridized carbons (Fsp3) is 0.250. The van der Waals surface area contributed by atoms with Gasteiger partial charge in [-0.1, -0.05) is 0 Å². The number of hydrogen-bond acceptors (Lipinski definition) is 6. The number of sulfonamides is 1. The van der Waals surface area contributed by atoms with Crippen LogP contribution in [0.4, 0.5) is 17.1 Å². The Kier molecular flexibility index (Phi) is 6.06. The second-order valence-electron chi connectivity index (χ2n) is 6.68. The molecule has 2 N–H and O–H groups in total. The minimum Gasteiger partial charge on any atom is -0.495 e. The van der Waals surface area contributed by atoms with Gasteiger partial charge < -0.3 is 10.1 Å². The molecule has 0 unspecified atom stereocenters. The Hall–Kier alpha value is -3.40. The summed E-state index contributed by atoms with van der Waals surface area (Å²) in [6.07, 6.45) is 0.920. The number of nitrogens with one attached hydrogen (secondary N) is 2. The third-order valence-corrected chi connectivity index (χ3v) is 5.83. The van der Waals surface area contributed by atoms with Crippen molar-refractivity contribution in [1.82, 2.24) is 0 Å². The van der Waals surface area contributed by atoms with E-state index in [2.05, 4.69) is 10.0 Å². The molecule has 1 aliphatic rings. The zero-order valence-electron chi connectivity index (χ0n) is 16.5. The molecule has 0 aliphatic carbocycles. The van der Waals surface area contributed by atoms with Crippen molar-refractivity contribution in [3.05, 3.63) is 42.5 Å². The number of amides is 3. The number of rotatable bonds is 6. The van der Waals surface area contributed by atoms with Gasteiger partial charge in [-0.05, 0) is 48.9 Å². The molecule has 0 bridgehead atoms. The lowest BCUT2D eigenvalue weighted by molar-refractivity contribution is -0.129. The van der Waals surface area contributed by atoms with Crippen LogP contribution in [0.1, 0.15) is 26.2 Å². The average molecular weight is 431 g/mol. The first-order valence-corrected chi connectivity index (χ1v) is 10.6. The van der Waals surface area contributed by atoms with Crippen LogP contribution in [0, 0.1) is 0 Å². The first-order valence-electron chi connectivity index (χ1n) is 9.15. The molecular weight excluding hydrogens is 410 g/mol. The Labute approximate surface area is 174 Å². The van der Waals surface area contributed by atoms with Gasteiger partial charge in [-0.3, -0.25) is 24.0 Å². The van der Waals surface area contributed by atoms with Crippen molar-refractivity contribution >= 4 is 44.8 Å². The first-order chi connectivity index (χ1) is 14.2. The maximum Gasteiger partial charge on any atom is 0.265 e. The number of carbonyl (C=O) groups excluding carboxylic acids is 3. The summed E-state index contributed by atoms with van der Waals surface area (Å²) in [4.78, 5) is 36.3. The van der Waals surface area contributed by atoms with E-state index in [-0.39, 0.29) is 52.6 Å². The molecule has 2 aromatic carbocycles. The van der Waals surface area contributed by atoms with Gasteiger partial charge in [-0.15, -0.1) is 0 Å². The van der Waals surface area contributed by atoms with Crippen molar-refractivity contribution in [2.24, 2.45) is 0 Å². The highest BCUT2D eigenvalue weighted by molar-refractivity contribution is 7.92. The van der Waals surface area contributed by atoms with Crippen LogP contribution in [0.25, 0.3) is 0 Å². The largest absolute Gasteiger partial charge is 0.495 e. The second-order valence-corrected chi connectivity index (χ2v) is 8.33. The quantitative estimate of drug-likeness (QED) is 0.678. The fourth-order valence-electron chi connectivity index (χ4n) is 3.09. The Morgan fingerprint density at radius 1 is 1.00 bits per heavy atom. The van der Waals surface area contributed by atoms with Gasteiger partial charge in [0.05, 0.1) is 12.8 Å². The third-order valence-electron chi connectivity index (χ3n) is 4.43. The van der Waals surface area contributed by atoms with Crippen molar-refractivity contribution in [2.45, 2.75) is 31.1 Å². The van der Waals surface area contributed by atoms with Crippen molar-refractivity contribution < 1.29 is 27.5 Å². The fourth-order valence-corrected chi connectivity index (χ4v) is 4.34. The van der Waals surface area contributed by atoms with Crippen molar-refractivity contribution in [3.63, 3.8) is 0 Å². The molecule has 0 radical (unpaired) electrons. The summed E-state index contributed by atoms with van der Waals surface area (Å²) in [5, 5.41) is 2.59. The van der Waals surface area contributed by atoms with E-state index in [0.29, 0.717) is 12.1 Å². The Morgan fingerprint density at radius 2 is 1.60 bits per heavy atom. The molecule has 10 heteroatoms. The Morgan fingerprint density at radius 3 is 2.17 bits per heavy atom. The normalized spacial score (nSPS) is 14.4. The van der Waals surface area contributed by atoms with E-state index in [9.17, 15) is 22.8 Å². The standard InChI is InChI=1S/C20H21N3O6S/c1-13(24)21-14-6-8-15(9-7-14)22-30(27,28)18-12-16(10-11-17(18)29-2)23-19(25)4-3-5-20(23)26/h6-12,22H,3-5H2,1-2H3,(H,21,24). The van der Waals surface area contributed by atoms with Crippen molar-refractivity contribution in [2.75, 3.05) is 22.0 Å². The Bertz CT molecular complexity index is 1080. The summed E-state index contributed by atoms with van der Waals surface area (Å²) < 4.78 is 33.6. The average Bonchev–Trinajstić information content (AvgIpc) is 2.68. The summed E-state index contributed by atoms with van der Waals surface area (Å²) in [7, 11) is -2.77. The molecule has 0 saturated carbocycles. The number of anilines is 3. The van der Waals surface area contributed by atoms with Gasteiger partial charge in [-0.2, -0.15) is 0 Å². The predicted molar refractivity (Wildman–Crippen MR) is 111 cm³/mol. The molecule has 3 amide bonds. The minimum absolute atomic E-state index is 0.0676. The molecule has 30 heavy (non-hydrogen) atoms. The highest BCUT2D eigenvalue weighted by Crippen LogP contribution is 2.32. The number of hydrogen-bond donors (Lipinski definition) is 2. The van der Waals surface area contributed by atoms with Crippen LogP contribution in [0.15, 0.2) is 47.4 Å². The zero-order valence-corrected chi connectivity index (χ0v) is 17.3. The smallest absolute Gasteiger partial charge is 0.265 e. The number of nitrogens with zero attached hydrogens (tertiary/aromatic N) is 1. The molecule has 2 aromatic rings. The van der Waals surface area contributed by atoms with Crippen molar-refractivity contribution in [3.8, 4) is 5.75 Å². The molecule has 1 fully saturated rings.